The Balaban J connectivity index is 2.26. The molecule has 0 bridgehead atoms. The fourth-order valence-electron chi connectivity index (χ4n) is 1.83. The normalized spacial score (nSPS) is 10.2. The number of hydrogen-bond acceptors (Lipinski definition) is 4. The lowest BCUT2D eigenvalue weighted by molar-refractivity contribution is -0.385. The number of nitrogens with two attached hydrogens (primary N) is 1. The van der Waals surface area contributed by atoms with Crippen LogP contribution < -0.4 is 11.1 Å². The molecular formula is C14H12FN3O3. The third kappa shape index (κ3) is 3.14. The van der Waals surface area contributed by atoms with Crippen LogP contribution in [-0.4, -0.2) is 10.8 Å². The van der Waals surface area contributed by atoms with Gasteiger partial charge in [-0.3, -0.25) is 14.9 Å². The van der Waals surface area contributed by atoms with E-state index in [2.05, 4.69) is 5.32 Å². The molecule has 2 rings (SSSR count). The number of hydrogen-bond donors (Lipinski definition) is 2. The number of nitrogen functional groups attached to an aromatic ring is 1. The van der Waals surface area contributed by atoms with Gasteiger partial charge in [-0.05, 0) is 37.3 Å². The maximum atomic E-state index is 13.5. The summed E-state index contributed by atoms with van der Waals surface area (Å²) in [5.74, 6) is -1.19. The first-order valence-electron chi connectivity index (χ1n) is 6.00. The summed E-state index contributed by atoms with van der Waals surface area (Å²) >= 11 is 0. The molecule has 2 aromatic rings. The summed E-state index contributed by atoms with van der Waals surface area (Å²) in [6.07, 6.45) is 0. The highest BCUT2D eigenvalue weighted by molar-refractivity contribution is 6.04. The van der Waals surface area contributed by atoms with Gasteiger partial charge in [-0.15, -0.1) is 0 Å². The van der Waals surface area contributed by atoms with Gasteiger partial charge in [0, 0.05) is 22.9 Å². The van der Waals surface area contributed by atoms with E-state index in [1.54, 1.807) is 0 Å². The van der Waals surface area contributed by atoms with E-state index in [4.69, 9.17) is 5.73 Å². The highest BCUT2D eigenvalue weighted by Crippen LogP contribution is 2.21. The van der Waals surface area contributed by atoms with E-state index in [0.29, 0.717) is 11.3 Å². The second-order valence-electron chi connectivity index (χ2n) is 4.45. The quantitative estimate of drug-likeness (QED) is 0.515. The van der Waals surface area contributed by atoms with Crippen LogP contribution in [0.2, 0.25) is 0 Å². The number of halogens is 1. The number of nitro benzene ring substituents is 1. The summed E-state index contributed by atoms with van der Waals surface area (Å²) in [5, 5.41) is 13.1. The molecular weight excluding hydrogens is 277 g/mol. The number of nitrogens with one attached hydrogen (secondary N) is 1. The van der Waals surface area contributed by atoms with Crippen LogP contribution in [0.3, 0.4) is 0 Å². The predicted molar refractivity (Wildman–Crippen MR) is 76.6 cm³/mol. The minimum absolute atomic E-state index is 0.0454. The molecule has 3 N–H and O–H groups in total. The molecule has 0 aliphatic rings. The minimum Gasteiger partial charge on any atom is -0.399 e. The van der Waals surface area contributed by atoms with Gasteiger partial charge in [-0.25, -0.2) is 4.39 Å². The van der Waals surface area contributed by atoms with E-state index in [-0.39, 0.29) is 16.9 Å². The van der Waals surface area contributed by atoms with Crippen molar-refractivity contribution in [2.45, 2.75) is 6.92 Å². The van der Waals surface area contributed by atoms with Crippen LogP contribution in [0.5, 0.6) is 0 Å². The topological polar surface area (TPSA) is 98.3 Å². The number of carbonyl (C=O) groups is 1. The molecule has 1 amide bonds. The summed E-state index contributed by atoms with van der Waals surface area (Å²) in [7, 11) is 0. The monoisotopic (exact) mass is 289 g/mol. The molecule has 0 aliphatic heterocycles. The summed E-state index contributed by atoms with van der Waals surface area (Å²) in [6, 6.07) is 7.74. The van der Waals surface area contributed by atoms with Crippen molar-refractivity contribution in [3.05, 3.63) is 63.5 Å². The van der Waals surface area contributed by atoms with Crippen molar-refractivity contribution in [2.75, 3.05) is 11.1 Å². The molecule has 0 heterocycles. The smallest absolute Gasteiger partial charge is 0.272 e. The Morgan fingerprint density at radius 3 is 2.62 bits per heavy atom. The Morgan fingerprint density at radius 2 is 2.00 bits per heavy atom. The first kappa shape index (κ1) is 14.4. The number of nitrogens with zero attached hydrogens (tertiary/aromatic N) is 1. The van der Waals surface area contributed by atoms with E-state index >= 15 is 0 Å². The third-order valence-electron chi connectivity index (χ3n) is 2.89. The number of rotatable bonds is 3. The van der Waals surface area contributed by atoms with Gasteiger partial charge in [0.1, 0.15) is 5.82 Å². The van der Waals surface area contributed by atoms with E-state index in [9.17, 15) is 19.3 Å². The molecule has 2 aromatic carbocycles. The predicted octanol–water partition coefficient (Wildman–Crippen LogP) is 2.88. The SMILES string of the molecule is Cc1cc(C(=O)Nc2cc(N)ccc2F)ccc1[N+](=O)[O-]. The average molecular weight is 289 g/mol. The Hall–Kier alpha value is -2.96. The van der Waals surface area contributed by atoms with Crippen molar-refractivity contribution < 1.29 is 14.1 Å². The van der Waals surface area contributed by atoms with Gasteiger partial charge in [0.25, 0.3) is 11.6 Å². The molecule has 0 radical (unpaired) electrons. The third-order valence-corrected chi connectivity index (χ3v) is 2.89. The molecule has 0 saturated carbocycles. The molecule has 0 saturated heterocycles. The molecule has 0 aromatic heterocycles. The highest BCUT2D eigenvalue weighted by atomic mass is 19.1. The average Bonchev–Trinajstić information content (AvgIpc) is 2.42. The molecule has 0 spiro atoms. The summed E-state index contributed by atoms with van der Waals surface area (Å²) < 4.78 is 13.5. The number of nitro groups is 1. The Bertz CT molecular complexity index is 731. The van der Waals surface area contributed by atoms with Crippen molar-refractivity contribution in [1.82, 2.24) is 0 Å². The highest BCUT2D eigenvalue weighted by Gasteiger charge is 2.15. The van der Waals surface area contributed by atoms with Gasteiger partial charge < -0.3 is 11.1 Å². The van der Waals surface area contributed by atoms with Crippen LogP contribution in [-0.2, 0) is 0 Å². The summed E-state index contributed by atoms with van der Waals surface area (Å²) in [6.45, 7) is 1.52. The van der Waals surface area contributed by atoms with Crippen LogP contribution in [0, 0.1) is 22.9 Å². The number of benzene rings is 2. The number of aryl methyl sites for hydroxylation is 1. The fraction of sp³-hybridized carbons (Fsp3) is 0.0714. The van der Waals surface area contributed by atoms with Crippen molar-refractivity contribution >= 4 is 23.0 Å². The molecule has 0 unspecified atom stereocenters. The van der Waals surface area contributed by atoms with Crippen molar-refractivity contribution in [1.29, 1.82) is 0 Å². The van der Waals surface area contributed by atoms with Gasteiger partial charge in [-0.1, -0.05) is 0 Å². The van der Waals surface area contributed by atoms with Crippen molar-refractivity contribution in [2.24, 2.45) is 0 Å². The lowest BCUT2D eigenvalue weighted by Crippen LogP contribution is -2.13. The van der Waals surface area contributed by atoms with Crippen LogP contribution in [0.4, 0.5) is 21.5 Å². The Kier molecular flexibility index (Phi) is 3.84. The second kappa shape index (κ2) is 5.58. The molecule has 0 fully saturated rings. The van der Waals surface area contributed by atoms with E-state index < -0.39 is 16.6 Å². The van der Waals surface area contributed by atoms with Gasteiger partial charge >= 0.3 is 0 Å². The van der Waals surface area contributed by atoms with E-state index in [0.717, 1.165) is 6.07 Å². The van der Waals surface area contributed by atoms with Crippen LogP contribution >= 0.6 is 0 Å². The maximum absolute atomic E-state index is 13.5. The second-order valence-corrected chi connectivity index (χ2v) is 4.45. The zero-order valence-corrected chi connectivity index (χ0v) is 11.1. The van der Waals surface area contributed by atoms with Crippen LogP contribution in [0.1, 0.15) is 15.9 Å². The molecule has 6 nitrogen and oxygen atoms in total. The Labute approximate surface area is 119 Å². The lowest BCUT2D eigenvalue weighted by Gasteiger charge is -2.08. The van der Waals surface area contributed by atoms with Crippen LogP contribution in [0.15, 0.2) is 36.4 Å². The number of carbonyl (C=O) groups excluding carboxylic acids is 1. The molecule has 108 valence electrons. The number of amides is 1. The standard InChI is InChI=1S/C14H12FN3O3/c1-8-6-9(2-5-13(8)18(20)21)14(19)17-12-7-10(16)3-4-11(12)15/h2-7H,16H2,1H3,(H,17,19). The first-order valence-corrected chi connectivity index (χ1v) is 6.00. The zero-order valence-electron chi connectivity index (χ0n) is 11.1. The van der Waals surface area contributed by atoms with Crippen molar-refractivity contribution in [3.8, 4) is 0 Å². The molecule has 7 heteroatoms. The number of anilines is 2. The van der Waals surface area contributed by atoms with Gasteiger partial charge in [-0.2, -0.15) is 0 Å². The van der Waals surface area contributed by atoms with Gasteiger partial charge in [0.05, 0.1) is 10.6 Å². The zero-order chi connectivity index (χ0) is 15.6. The molecule has 0 aliphatic carbocycles. The minimum atomic E-state index is -0.615. The summed E-state index contributed by atoms with van der Waals surface area (Å²) in [4.78, 5) is 22.2. The maximum Gasteiger partial charge on any atom is 0.272 e. The fourth-order valence-corrected chi connectivity index (χ4v) is 1.83. The first-order chi connectivity index (χ1) is 9.88. The van der Waals surface area contributed by atoms with Crippen LogP contribution in [0.25, 0.3) is 0 Å². The lowest BCUT2D eigenvalue weighted by atomic mass is 10.1. The molecule has 0 atom stereocenters. The van der Waals surface area contributed by atoms with E-state index in [1.165, 1.54) is 37.3 Å². The van der Waals surface area contributed by atoms with Gasteiger partial charge in [0.2, 0.25) is 0 Å². The summed E-state index contributed by atoms with van der Waals surface area (Å²) in [5.41, 5.74) is 6.25. The van der Waals surface area contributed by atoms with Gasteiger partial charge in [0.15, 0.2) is 0 Å². The van der Waals surface area contributed by atoms with Crippen molar-refractivity contribution in [3.63, 3.8) is 0 Å². The van der Waals surface area contributed by atoms with E-state index in [1.807, 2.05) is 0 Å². The Morgan fingerprint density at radius 1 is 1.29 bits per heavy atom. The molecule has 21 heavy (non-hydrogen) atoms. The largest absolute Gasteiger partial charge is 0.399 e.